The third kappa shape index (κ3) is 17.3. The minimum atomic E-state index is -0.293. The van der Waals surface area contributed by atoms with Crippen LogP contribution in [-0.4, -0.2) is 64.9 Å². The Morgan fingerprint density at radius 3 is 1.63 bits per heavy atom. The largest absolute Gasteiger partial charge is 0.463 e. The molecular formula is C13H26O6. The second kappa shape index (κ2) is 13.7. The molecule has 6 heteroatoms. The predicted octanol–water partition coefficient (Wildman–Crippen LogP) is 1.02. The Labute approximate surface area is 115 Å². The van der Waals surface area contributed by atoms with Gasteiger partial charge >= 0.3 is 5.97 Å². The average molecular weight is 278 g/mol. The van der Waals surface area contributed by atoms with E-state index in [1.165, 1.54) is 6.92 Å². The smallest absolute Gasteiger partial charge is 0.302 e. The molecule has 0 saturated heterocycles. The molecule has 0 aliphatic rings. The highest BCUT2D eigenvalue weighted by molar-refractivity contribution is 5.65. The number of carbonyl (C=O) groups excluding carboxylic acids is 1. The zero-order valence-corrected chi connectivity index (χ0v) is 12.2. The lowest BCUT2D eigenvalue weighted by Gasteiger charge is -2.08. The molecular weight excluding hydrogens is 252 g/mol. The minimum absolute atomic E-state index is 0.240. The van der Waals surface area contributed by atoms with E-state index in [0.717, 1.165) is 0 Å². The lowest BCUT2D eigenvalue weighted by atomic mass is 10.5. The molecule has 0 saturated carbocycles. The average Bonchev–Trinajstić information content (AvgIpc) is 2.34. The van der Waals surface area contributed by atoms with Gasteiger partial charge in [0.05, 0.1) is 52.4 Å². The molecule has 0 aromatic carbocycles. The van der Waals surface area contributed by atoms with Crippen molar-refractivity contribution < 1.29 is 28.5 Å². The third-order valence-corrected chi connectivity index (χ3v) is 1.96. The molecule has 0 amide bonds. The summed E-state index contributed by atoms with van der Waals surface area (Å²) in [5, 5.41) is 0. The van der Waals surface area contributed by atoms with Crippen LogP contribution in [0.25, 0.3) is 0 Å². The Morgan fingerprint density at radius 2 is 1.21 bits per heavy atom. The lowest BCUT2D eigenvalue weighted by Crippen LogP contribution is -2.14. The van der Waals surface area contributed by atoms with Crippen LogP contribution in [-0.2, 0) is 28.5 Å². The Kier molecular flexibility index (Phi) is 13.2. The summed E-state index contributed by atoms with van der Waals surface area (Å²) in [6.45, 7) is 9.30. The molecule has 0 N–H and O–H groups in total. The Hall–Kier alpha value is -0.690. The van der Waals surface area contributed by atoms with E-state index >= 15 is 0 Å². The zero-order valence-electron chi connectivity index (χ0n) is 12.2. The molecule has 0 bridgehead atoms. The van der Waals surface area contributed by atoms with Gasteiger partial charge < -0.3 is 23.7 Å². The first-order valence-electron chi connectivity index (χ1n) is 6.61. The van der Waals surface area contributed by atoms with E-state index in [-0.39, 0.29) is 18.7 Å². The Morgan fingerprint density at radius 1 is 0.789 bits per heavy atom. The number of esters is 1. The Bertz CT molecular complexity index is 207. The number of hydrogen-bond donors (Lipinski definition) is 0. The van der Waals surface area contributed by atoms with Gasteiger partial charge in [0.1, 0.15) is 6.61 Å². The Balaban J connectivity index is 2.97. The summed E-state index contributed by atoms with van der Waals surface area (Å²) in [7, 11) is 0. The van der Waals surface area contributed by atoms with Gasteiger partial charge in [-0.1, -0.05) is 0 Å². The van der Waals surface area contributed by atoms with Crippen molar-refractivity contribution in [1.82, 2.24) is 0 Å². The van der Waals surface area contributed by atoms with Gasteiger partial charge in [0.2, 0.25) is 0 Å². The van der Waals surface area contributed by atoms with Crippen molar-refractivity contribution in [2.75, 3.05) is 52.9 Å². The maximum atomic E-state index is 10.4. The fourth-order valence-electron chi connectivity index (χ4n) is 1.13. The van der Waals surface area contributed by atoms with Gasteiger partial charge in [0.15, 0.2) is 0 Å². The first-order valence-corrected chi connectivity index (χ1v) is 6.61. The van der Waals surface area contributed by atoms with Gasteiger partial charge in [-0.3, -0.25) is 4.79 Å². The summed E-state index contributed by atoms with van der Waals surface area (Å²) in [6.07, 6.45) is 0.240. The third-order valence-electron chi connectivity index (χ3n) is 1.96. The minimum Gasteiger partial charge on any atom is -0.463 e. The number of ether oxygens (including phenoxy) is 5. The van der Waals surface area contributed by atoms with Gasteiger partial charge in [-0.25, -0.2) is 0 Å². The highest BCUT2D eigenvalue weighted by Gasteiger charge is 1.95. The number of carbonyl (C=O) groups is 1. The standard InChI is InChI=1S/C13H26O6/c1-12(2)18-10-8-16-6-4-15-5-7-17-9-11-19-13(3)14/h12H,4-11H2,1-3H3. The quantitative estimate of drug-likeness (QED) is 0.370. The summed E-state index contributed by atoms with van der Waals surface area (Å²) < 4.78 is 25.8. The monoisotopic (exact) mass is 278 g/mol. The highest BCUT2D eigenvalue weighted by Crippen LogP contribution is 1.87. The molecule has 0 unspecified atom stereocenters. The van der Waals surface area contributed by atoms with Crippen LogP contribution in [0.4, 0.5) is 0 Å². The van der Waals surface area contributed by atoms with E-state index in [1.807, 2.05) is 13.8 Å². The van der Waals surface area contributed by atoms with Gasteiger partial charge in [0, 0.05) is 6.92 Å². The molecule has 0 atom stereocenters. The van der Waals surface area contributed by atoms with E-state index < -0.39 is 0 Å². The summed E-state index contributed by atoms with van der Waals surface area (Å²) in [4.78, 5) is 10.4. The van der Waals surface area contributed by atoms with Gasteiger partial charge in [-0.2, -0.15) is 0 Å². The molecule has 19 heavy (non-hydrogen) atoms. The van der Waals surface area contributed by atoms with Crippen LogP contribution in [0.1, 0.15) is 20.8 Å². The molecule has 0 heterocycles. The summed E-state index contributed by atoms with van der Waals surface area (Å²) >= 11 is 0. The van der Waals surface area contributed by atoms with Crippen molar-refractivity contribution in [2.24, 2.45) is 0 Å². The molecule has 0 aliphatic carbocycles. The summed E-state index contributed by atoms with van der Waals surface area (Å²) in [5.74, 6) is -0.293. The van der Waals surface area contributed by atoms with E-state index in [9.17, 15) is 4.79 Å². The molecule has 0 fully saturated rings. The van der Waals surface area contributed by atoms with Crippen molar-refractivity contribution in [3.63, 3.8) is 0 Å². The summed E-state index contributed by atoms with van der Waals surface area (Å²) in [5.41, 5.74) is 0. The molecule has 0 aromatic rings. The molecule has 114 valence electrons. The van der Waals surface area contributed by atoms with Crippen LogP contribution in [0.15, 0.2) is 0 Å². The molecule has 0 aliphatic heterocycles. The van der Waals surface area contributed by atoms with Crippen molar-refractivity contribution >= 4 is 5.97 Å². The maximum absolute atomic E-state index is 10.4. The van der Waals surface area contributed by atoms with Crippen LogP contribution in [0.5, 0.6) is 0 Å². The number of hydrogen-bond acceptors (Lipinski definition) is 6. The van der Waals surface area contributed by atoms with Crippen LogP contribution in [0.3, 0.4) is 0 Å². The van der Waals surface area contributed by atoms with Crippen molar-refractivity contribution in [3.8, 4) is 0 Å². The molecule has 6 nitrogen and oxygen atoms in total. The normalized spacial score (nSPS) is 10.9. The molecule has 0 rings (SSSR count). The van der Waals surface area contributed by atoms with Crippen molar-refractivity contribution in [1.29, 1.82) is 0 Å². The SMILES string of the molecule is CC(=O)OCCOCCOCCOCCOC(C)C. The highest BCUT2D eigenvalue weighted by atomic mass is 16.6. The summed E-state index contributed by atoms with van der Waals surface area (Å²) in [6, 6.07) is 0. The van der Waals surface area contributed by atoms with Crippen LogP contribution < -0.4 is 0 Å². The van der Waals surface area contributed by atoms with Crippen LogP contribution in [0, 0.1) is 0 Å². The van der Waals surface area contributed by atoms with Crippen molar-refractivity contribution in [2.45, 2.75) is 26.9 Å². The predicted molar refractivity (Wildman–Crippen MR) is 70.2 cm³/mol. The topological polar surface area (TPSA) is 63.2 Å². The van der Waals surface area contributed by atoms with E-state index in [4.69, 9.17) is 23.7 Å². The van der Waals surface area contributed by atoms with Crippen LogP contribution in [0.2, 0.25) is 0 Å². The lowest BCUT2D eigenvalue weighted by molar-refractivity contribution is -0.142. The molecule has 0 spiro atoms. The van der Waals surface area contributed by atoms with Gasteiger partial charge in [0.25, 0.3) is 0 Å². The first kappa shape index (κ1) is 18.3. The second-order valence-corrected chi connectivity index (χ2v) is 4.10. The van der Waals surface area contributed by atoms with E-state index in [1.54, 1.807) is 0 Å². The van der Waals surface area contributed by atoms with Crippen molar-refractivity contribution in [3.05, 3.63) is 0 Å². The van der Waals surface area contributed by atoms with Gasteiger partial charge in [-0.05, 0) is 13.8 Å². The van der Waals surface area contributed by atoms with E-state index in [0.29, 0.717) is 46.2 Å². The fourth-order valence-corrected chi connectivity index (χ4v) is 1.13. The van der Waals surface area contributed by atoms with Gasteiger partial charge in [-0.15, -0.1) is 0 Å². The maximum Gasteiger partial charge on any atom is 0.302 e. The van der Waals surface area contributed by atoms with E-state index in [2.05, 4.69) is 0 Å². The fraction of sp³-hybridized carbons (Fsp3) is 0.923. The first-order chi connectivity index (χ1) is 9.13. The molecule has 0 aromatic heterocycles. The zero-order chi connectivity index (χ0) is 14.3. The van der Waals surface area contributed by atoms with Crippen LogP contribution >= 0.6 is 0 Å². The number of rotatable bonds is 13. The molecule has 0 radical (unpaired) electrons. The second-order valence-electron chi connectivity index (χ2n) is 4.10.